The van der Waals surface area contributed by atoms with E-state index in [1.54, 1.807) is 0 Å². The normalized spacial score (nSPS) is 12.4. The van der Waals surface area contributed by atoms with Gasteiger partial charge in [0, 0.05) is 12.6 Å². The van der Waals surface area contributed by atoms with Crippen molar-refractivity contribution in [3.05, 3.63) is 65.7 Å². The van der Waals surface area contributed by atoms with Gasteiger partial charge in [-0.2, -0.15) is 0 Å². The van der Waals surface area contributed by atoms with Gasteiger partial charge in [0.2, 0.25) is 0 Å². The molecule has 1 unspecified atom stereocenters. The molecule has 2 rings (SSSR count). The van der Waals surface area contributed by atoms with Gasteiger partial charge in [-0.1, -0.05) is 56.3 Å². The summed E-state index contributed by atoms with van der Waals surface area (Å²) < 4.78 is 5.91. The summed E-state index contributed by atoms with van der Waals surface area (Å²) in [5, 5.41) is 3.38. The summed E-state index contributed by atoms with van der Waals surface area (Å²) >= 11 is 0. The minimum atomic E-state index is 0.173. The minimum absolute atomic E-state index is 0.173. The predicted molar refractivity (Wildman–Crippen MR) is 88.9 cm³/mol. The van der Waals surface area contributed by atoms with Crippen LogP contribution < -0.4 is 10.1 Å². The zero-order chi connectivity index (χ0) is 15.1. The van der Waals surface area contributed by atoms with Crippen LogP contribution in [0.25, 0.3) is 0 Å². The van der Waals surface area contributed by atoms with Gasteiger partial charge in [0.25, 0.3) is 0 Å². The molecule has 0 saturated carbocycles. The van der Waals surface area contributed by atoms with Gasteiger partial charge in [-0.15, -0.1) is 0 Å². The van der Waals surface area contributed by atoms with Gasteiger partial charge in [-0.05, 0) is 36.6 Å². The van der Waals surface area contributed by atoms with Crippen molar-refractivity contribution in [1.29, 1.82) is 0 Å². The molecule has 0 saturated heterocycles. The van der Waals surface area contributed by atoms with Gasteiger partial charge in [0.05, 0.1) is 0 Å². The summed E-state index contributed by atoms with van der Waals surface area (Å²) in [7, 11) is 0. The summed E-state index contributed by atoms with van der Waals surface area (Å²) in [6.07, 6.45) is 1.14. The third-order valence-electron chi connectivity index (χ3n) is 3.33. The summed E-state index contributed by atoms with van der Waals surface area (Å²) in [4.78, 5) is 0. The Bertz CT molecular complexity index is 519. The summed E-state index contributed by atoms with van der Waals surface area (Å²) in [5.74, 6) is 0.935. The largest absolute Gasteiger partial charge is 0.489 e. The lowest BCUT2D eigenvalue weighted by Gasteiger charge is -2.17. The SMILES string of the molecule is CC(C)NCC(C)Oc1ccc(Cc2ccccc2)cc1. The van der Waals surface area contributed by atoms with E-state index in [4.69, 9.17) is 4.74 Å². The Balaban J connectivity index is 1.87. The second-order valence-corrected chi connectivity index (χ2v) is 5.80. The molecular weight excluding hydrogens is 258 g/mol. The molecule has 0 fully saturated rings. The van der Waals surface area contributed by atoms with Crippen LogP contribution in [0, 0.1) is 0 Å². The minimum Gasteiger partial charge on any atom is -0.489 e. The van der Waals surface area contributed by atoms with Gasteiger partial charge in [-0.25, -0.2) is 0 Å². The number of hydrogen-bond acceptors (Lipinski definition) is 2. The molecule has 2 aromatic carbocycles. The van der Waals surface area contributed by atoms with Crippen LogP contribution in [0.2, 0.25) is 0 Å². The van der Waals surface area contributed by atoms with E-state index in [0.29, 0.717) is 6.04 Å². The fraction of sp³-hybridized carbons (Fsp3) is 0.368. The van der Waals surface area contributed by atoms with Crippen molar-refractivity contribution in [2.45, 2.75) is 39.3 Å². The maximum absolute atomic E-state index is 5.91. The van der Waals surface area contributed by atoms with Gasteiger partial charge < -0.3 is 10.1 Å². The Morgan fingerprint density at radius 3 is 2.10 bits per heavy atom. The molecule has 0 aliphatic heterocycles. The smallest absolute Gasteiger partial charge is 0.119 e. The first-order valence-electron chi connectivity index (χ1n) is 7.66. The van der Waals surface area contributed by atoms with Crippen LogP contribution in [0.3, 0.4) is 0 Å². The Morgan fingerprint density at radius 1 is 0.857 bits per heavy atom. The monoisotopic (exact) mass is 283 g/mol. The number of nitrogens with one attached hydrogen (secondary N) is 1. The number of benzene rings is 2. The predicted octanol–water partition coefficient (Wildman–Crippen LogP) is 4.04. The van der Waals surface area contributed by atoms with Crippen LogP contribution in [-0.2, 0) is 6.42 Å². The molecule has 1 N–H and O–H groups in total. The van der Waals surface area contributed by atoms with Crippen molar-refractivity contribution in [2.24, 2.45) is 0 Å². The van der Waals surface area contributed by atoms with Crippen molar-refractivity contribution in [2.75, 3.05) is 6.54 Å². The number of ether oxygens (including phenoxy) is 1. The highest BCUT2D eigenvalue weighted by Gasteiger charge is 2.05. The van der Waals surface area contributed by atoms with E-state index < -0.39 is 0 Å². The van der Waals surface area contributed by atoms with E-state index >= 15 is 0 Å². The van der Waals surface area contributed by atoms with Crippen LogP contribution in [0.4, 0.5) is 0 Å². The molecule has 0 bridgehead atoms. The van der Waals surface area contributed by atoms with E-state index in [-0.39, 0.29) is 6.10 Å². The average molecular weight is 283 g/mol. The molecule has 0 spiro atoms. The molecule has 0 amide bonds. The lowest BCUT2D eigenvalue weighted by molar-refractivity contribution is 0.213. The van der Waals surface area contributed by atoms with Crippen molar-refractivity contribution in [1.82, 2.24) is 5.32 Å². The molecule has 112 valence electrons. The highest BCUT2D eigenvalue weighted by molar-refractivity contribution is 5.31. The van der Waals surface area contributed by atoms with Crippen LogP contribution in [0.5, 0.6) is 5.75 Å². The summed E-state index contributed by atoms with van der Waals surface area (Å²) in [5.41, 5.74) is 2.64. The van der Waals surface area contributed by atoms with Crippen LogP contribution in [0.15, 0.2) is 54.6 Å². The molecule has 0 radical (unpaired) electrons. The van der Waals surface area contributed by atoms with Crippen molar-refractivity contribution >= 4 is 0 Å². The molecule has 0 aliphatic carbocycles. The van der Waals surface area contributed by atoms with Crippen LogP contribution in [0.1, 0.15) is 31.9 Å². The standard InChI is InChI=1S/C19H25NO/c1-15(2)20-14-16(3)21-19-11-9-18(10-12-19)13-17-7-5-4-6-8-17/h4-12,15-16,20H,13-14H2,1-3H3. The van der Waals surface area contributed by atoms with Gasteiger partial charge >= 0.3 is 0 Å². The molecule has 21 heavy (non-hydrogen) atoms. The first-order valence-corrected chi connectivity index (χ1v) is 7.66. The molecular formula is C19H25NO. The van der Waals surface area contributed by atoms with Crippen molar-refractivity contribution in [3.8, 4) is 5.75 Å². The second-order valence-electron chi connectivity index (χ2n) is 5.80. The number of hydrogen-bond donors (Lipinski definition) is 1. The molecule has 0 aliphatic rings. The molecule has 1 atom stereocenters. The fourth-order valence-electron chi connectivity index (χ4n) is 2.19. The topological polar surface area (TPSA) is 21.3 Å². The summed E-state index contributed by atoms with van der Waals surface area (Å²) in [6.45, 7) is 7.24. The van der Waals surface area contributed by atoms with Gasteiger partial charge in [0.15, 0.2) is 0 Å². The first-order chi connectivity index (χ1) is 10.1. The molecule has 2 aromatic rings. The molecule has 2 nitrogen and oxygen atoms in total. The number of rotatable bonds is 7. The summed E-state index contributed by atoms with van der Waals surface area (Å²) in [6, 6.07) is 19.4. The average Bonchev–Trinajstić information content (AvgIpc) is 2.48. The third kappa shape index (κ3) is 5.60. The Labute approximate surface area is 128 Å². The van der Waals surface area contributed by atoms with Gasteiger partial charge in [0.1, 0.15) is 11.9 Å². The van der Waals surface area contributed by atoms with Crippen molar-refractivity contribution < 1.29 is 4.74 Å². The Morgan fingerprint density at radius 2 is 1.48 bits per heavy atom. The molecule has 0 aromatic heterocycles. The maximum atomic E-state index is 5.91. The van der Waals surface area contributed by atoms with Gasteiger partial charge in [-0.3, -0.25) is 0 Å². The van der Waals surface area contributed by atoms with E-state index in [1.165, 1.54) is 11.1 Å². The van der Waals surface area contributed by atoms with Crippen LogP contribution >= 0.6 is 0 Å². The Hall–Kier alpha value is -1.80. The second kappa shape index (κ2) is 7.84. The molecule has 0 heterocycles. The highest BCUT2D eigenvalue weighted by atomic mass is 16.5. The van der Waals surface area contributed by atoms with Crippen LogP contribution in [-0.4, -0.2) is 18.7 Å². The maximum Gasteiger partial charge on any atom is 0.119 e. The Kier molecular flexibility index (Phi) is 5.82. The van der Waals surface area contributed by atoms with E-state index in [1.807, 2.05) is 6.07 Å². The van der Waals surface area contributed by atoms with E-state index in [0.717, 1.165) is 18.7 Å². The molecule has 2 heteroatoms. The van der Waals surface area contributed by atoms with E-state index in [9.17, 15) is 0 Å². The lowest BCUT2D eigenvalue weighted by atomic mass is 10.1. The zero-order valence-corrected chi connectivity index (χ0v) is 13.2. The zero-order valence-electron chi connectivity index (χ0n) is 13.2. The fourth-order valence-corrected chi connectivity index (χ4v) is 2.19. The first kappa shape index (κ1) is 15.6. The quantitative estimate of drug-likeness (QED) is 0.828. The van der Waals surface area contributed by atoms with Crippen molar-refractivity contribution in [3.63, 3.8) is 0 Å². The highest BCUT2D eigenvalue weighted by Crippen LogP contribution is 2.16. The third-order valence-corrected chi connectivity index (χ3v) is 3.33. The lowest BCUT2D eigenvalue weighted by Crippen LogP contribution is -2.33. The van der Waals surface area contributed by atoms with E-state index in [2.05, 4.69) is 74.6 Å².